The molecule has 8 nitrogen and oxygen atoms in total. The second kappa shape index (κ2) is 7.44. The van der Waals surface area contributed by atoms with Crippen LogP contribution in [0.5, 0.6) is 5.75 Å². The number of hydrogen-bond donors (Lipinski definition) is 1. The number of rotatable bonds is 7. The number of hydrogen-bond acceptors (Lipinski definition) is 6. The Morgan fingerprint density at radius 2 is 2.00 bits per heavy atom. The number of aliphatic hydroxyl groups is 1. The molecule has 22 heavy (non-hydrogen) atoms. The van der Waals surface area contributed by atoms with Gasteiger partial charge in [0.2, 0.25) is 0 Å². The van der Waals surface area contributed by atoms with Gasteiger partial charge in [0.25, 0.3) is 0 Å². The molecule has 0 heterocycles. The summed E-state index contributed by atoms with van der Waals surface area (Å²) in [5, 5.41) is 13.5. The summed E-state index contributed by atoms with van der Waals surface area (Å²) >= 11 is 0. The molecule has 1 rings (SSSR count). The predicted octanol–water partition coefficient (Wildman–Crippen LogP) is 1.87. The first-order valence-electron chi connectivity index (χ1n) is 6.50. The van der Waals surface area contributed by atoms with Gasteiger partial charge in [-0.3, -0.25) is 4.79 Å². The van der Waals surface area contributed by atoms with Crippen molar-refractivity contribution < 1.29 is 24.2 Å². The van der Waals surface area contributed by atoms with E-state index in [1.807, 2.05) is 0 Å². The molecule has 0 fully saturated rings. The standard InChI is InChI=1S/C14H17N3O5/c1-4-22-13(19)14(2,20)12(16-17-15)11(18)9-5-7-10(21-3)8-6-9/h5-8,12,20H,4H2,1-3H3/t12-,14-/m0/s1. The first-order chi connectivity index (χ1) is 10.4. The fourth-order valence-corrected chi connectivity index (χ4v) is 1.77. The van der Waals surface area contributed by atoms with Crippen LogP contribution in [0, 0.1) is 0 Å². The summed E-state index contributed by atoms with van der Waals surface area (Å²) in [7, 11) is 1.48. The Morgan fingerprint density at radius 1 is 1.41 bits per heavy atom. The van der Waals surface area contributed by atoms with Gasteiger partial charge < -0.3 is 14.6 Å². The van der Waals surface area contributed by atoms with Crippen LogP contribution in [-0.2, 0) is 9.53 Å². The van der Waals surface area contributed by atoms with Crippen LogP contribution in [0.15, 0.2) is 29.4 Å². The molecule has 0 spiro atoms. The monoisotopic (exact) mass is 307 g/mol. The van der Waals surface area contributed by atoms with Gasteiger partial charge in [-0.25, -0.2) is 4.79 Å². The molecule has 0 radical (unpaired) electrons. The van der Waals surface area contributed by atoms with Crippen LogP contribution in [0.3, 0.4) is 0 Å². The van der Waals surface area contributed by atoms with Crippen molar-refractivity contribution in [3.63, 3.8) is 0 Å². The molecule has 0 aliphatic carbocycles. The minimum absolute atomic E-state index is 0.0225. The molecule has 1 aromatic rings. The molecule has 0 bridgehead atoms. The van der Waals surface area contributed by atoms with Gasteiger partial charge in [0.05, 0.1) is 13.7 Å². The number of Topliss-reactive ketones (excluding diaryl/α,β-unsaturated/α-hetero) is 1. The Labute approximate surface area is 127 Å². The smallest absolute Gasteiger partial charge is 0.338 e. The first-order valence-corrected chi connectivity index (χ1v) is 6.50. The van der Waals surface area contributed by atoms with Crippen LogP contribution in [0.4, 0.5) is 0 Å². The molecular formula is C14H17N3O5. The number of carbonyl (C=O) groups is 2. The molecule has 0 unspecified atom stereocenters. The largest absolute Gasteiger partial charge is 0.497 e. The lowest BCUT2D eigenvalue weighted by atomic mass is 9.90. The van der Waals surface area contributed by atoms with Crippen molar-refractivity contribution in [2.75, 3.05) is 13.7 Å². The minimum Gasteiger partial charge on any atom is -0.497 e. The number of methoxy groups -OCH3 is 1. The number of ketones is 1. The molecule has 0 aliphatic heterocycles. The third-order valence-corrected chi connectivity index (χ3v) is 3.01. The molecule has 0 aromatic heterocycles. The highest BCUT2D eigenvalue weighted by Crippen LogP contribution is 2.22. The first kappa shape index (κ1) is 17.5. The lowest BCUT2D eigenvalue weighted by Crippen LogP contribution is -2.50. The molecule has 8 heteroatoms. The molecule has 1 N–H and O–H groups in total. The van der Waals surface area contributed by atoms with E-state index in [1.165, 1.54) is 19.2 Å². The zero-order valence-corrected chi connectivity index (χ0v) is 12.5. The van der Waals surface area contributed by atoms with Crippen molar-refractivity contribution in [3.05, 3.63) is 40.3 Å². The Hall–Kier alpha value is -2.57. The number of nitrogens with zero attached hydrogens (tertiary/aromatic N) is 3. The van der Waals surface area contributed by atoms with Crippen molar-refractivity contribution in [2.45, 2.75) is 25.5 Å². The van der Waals surface area contributed by atoms with E-state index in [2.05, 4.69) is 10.0 Å². The molecule has 0 saturated carbocycles. The zero-order valence-electron chi connectivity index (χ0n) is 12.5. The zero-order chi connectivity index (χ0) is 16.8. The van der Waals surface area contributed by atoms with E-state index in [9.17, 15) is 14.7 Å². The molecule has 0 saturated heterocycles. The third-order valence-electron chi connectivity index (χ3n) is 3.01. The molecule has 0 aliphatic rings. The summed E-state index contributed by atoms with van der Waals surface area (Å²) in [6.45, 7) is 2.66. The maximum Gasteiger partial charge on any atom is 0.338 e. The van der Waals surface area contributed by atoms with E-state index in [-0.39, 0.29) is 12.2 Å². The van der Waals surface area contributed by atoms with Crippen molar-refractivity contribution in [1.29, 1.82) is 0 Å². The van der Waals surface area contributed by atoms with Gasteiger partial charge in [-0.1, -0.05) is 5.11 Å². The van der Waals surface area contributed by atoms with Crippen LogP contribution >= 0.6 is 0 Å². The maximum absolute atomic E-state index is 12.4. The van der Waals surface area contributed by atoms with Gasteiger partial charge in [0.1, 0.15) is 11.8 Å². The second-order valence-electron chi connectivity index (χ2n) is 4.57. The van der Waals surface area contributed by atoms with Crippen LogP contribution < -0.4 is 4.74 Å². The predicted molar refractivity (Wildman–Crippen MR) is 77.5 cm³/mol. The van der Waals surface area contributed by atoms with Crippen LogP contribution in [-0.4, -0.2) is 42.2 Å². The van der Waals surface area contributed by atoms with Crippen LogP contribution in [0.25, 0.3) is 10.4 Å². The van der Waals surface area contributed by atoms with Crippen molar-refractivity contribution in [2.24, 2.45) is 5.11 Å². The summed E-state index contributed by atoms with van der Waals surface area (Å²) in [5.41, 5.74) is 6.52. The quantitative estimate of drug-likeness (QED) is 0.271. The molecule has 1 aromatic carbocycles. The van der Waals surface area contributed by atoms with Crippen molar-refractivity contribution in [3.8, 4) is 5.75 Å². The van der Waals surface area contributed by atoms with Crippen LogP contribution in [0.1, 0.15) is 24.2 Å². The van der Waals surface area contributed by atoms with E-state index in [0.717, 1.165) is 6.92 Å². The molecule has 0 amide bonds. The molecule has 118 valence electrons. The molecular weight excluding hydrogens is 290 g/mol. The van der Waals surface area contributed by atoms with Crippen molar-refractivity contribution >= 4 is 11.8 Å². The van der Waals surface area contributed by atoms with E-state index >= 15 is 0 Å². The highest BCUT2D eigenvalue weighted by atomic mass is 16.5. The number of azide groups is 1. The number of esters is 1. The summed E-state index contributed by atoms with van der Waals surface area (Å²) in [4.78, 5) is 26.7. The Bertz CT molecular complexity index is 591. The SMILES string of the molecule is CCOC(=O)[C@@](C)(O)[C@@H](N=[N+]=[N-])C(=O)c1ccc(OC)cc1. The average Bonchev–Trinajstić information content (AvgIpc) is 2.52. The van der Waals surface area contributed by atoms with E-state index in [0.29, 0.717) is 5.75 Å². The second-order valence-corrected chi connectivity index (χ2v) is 4.57. The highest BCUT2D eigenvalue weighted by molar-refractivity contribution is 6.04. The topological polar surface area (TPSA) is 122 Å². The van der Waals surface area contributed by atoms with Gasteiger partial charge in [0.15, 0.2) is 11.4 Å². The normalized spacial score (nSPS) is 14.2. The van der Waals surface area contributed by atoms with E-state index in [4.69, 9.17) is 15.0 Å². The fourth-order valence-electron chi connectivity index (χ4n) is 1.77. The Kier molecular flexibility index (Phi) is 5.91. The number of carbonyl (C=O) groups excluding carboxylic acids is 2. The third kappa shape index (κ3) is 3.75. The maximum atomic E-state index is 12.4. The number of ether oxygens (including phenoxy) is 2. The summed E-state index contributed by atoms with van der Waals surface area (Å²) in [5.74, 6) is -1.19. The molecule has 2 atom stereocenters. The Morgan fingerprint density at radius 3 is 2.45 bits per heavy atom. The van der Waals surface area contributed by atoms with Gasteiger partial charge in [-0.15, -0.1) is 0 Å². The lowest BCUT2D eigenvalue weighted by Gasteiger charge is -2.26. The van der Waals surface area contributed by atoms with Gasteiger partial charge in [-0.2, -0.15) is 0 Å². The number of benzene rings is 1. The van der Waals surface area contributed by atoms with Crippen molar-refractivity contribution in [1.82, 2.24) is 0 Å². The summed E-state index contributed by atoms with van der Waals surface area (Å²) < 4.78 is 9.69. The van der Waals surface area contributed by atoms with E-state index in [1.54, 1.807) is 19.1 Å². The summed E-state index contributed by atoms with van der Waals surface area (Å²) in [6, 6.07) is 4.34. The van der Waals surface area contributed by atoms with Gasteiger partial charge >= 0.3 is 5.97 Å². The highest BCUT2D eigenvalue weighted by Gasteiger charge is 2.44. The van der Waals surface area contributed by atoms with Crippen LogP contribution in [0.2, 0.25) is 0 Å². The summed E-state index contributed by atoms with van der Waals surface area (Å²) in [6.07, 6.45) is 0. The van der Waals surface area contributed by atoms with Gasteiger partial charge in [-0.05, 0) is 43.6 Å². The Balaban J connectivity index is 3.15. The lowest BCUT2D eigenvalue weighted by molar-refractivity contribution is -0.164. The van der Waals surface area contributed by atoms with E-state index < -0.39 is 23.4 Å². The minimum atomic E-state index is -2.26. The average molecular weight is 307 g/mol. The fraction of sp³-hybridized carbons (Fsp3) is 0.429. The van der Waals surface area contributed by atoms with Gasteiger partial charge in [0, 0.05) is 10.5 Å².